The van der Waals surface area contributed by atoms with Crippen LogP contribution in [0.15, 0.2) is 42.5 Å². The van der Waals surface area contributed by atoms with Gasteiger partial charge in [0.15, 0.2) is 0 Å². The van der Waals surface area contributed by atoms with Crippen LogP contribution >= 0.6 is 11.6 Å². The highest BCUT2D eigenvalue weighted by Gasteiger charge is 1.99. The first-order valence-corrected chi connectivity index (χ1v) is 7.81. The van der Waals surface area contributed by atoms with Crippen molar-refractivity contribution in [3.63, 3.8) is 0 Å². The number of hydroxylamine groups is 1. The maximum absolute atomic E-state index is 11.6. The van der Waals surface area contributed by atoms with Crippen molar-refractivity contribution < 1.29 is 14.8 Å². The maximum Gasteiger partial charge on any atom is 0.243 e. The van der Waals surface area contributed by atoms with Crippen LogP contribution in [0, 0.1) is 0 Å². The van der Waals surface area contributed by atoms with Gasteiger partial charge in [-0.15, -0.1) is 0 Å². The molecule has 0 aliphatic carbocycles. The molecule has 23 heavy (non-hydrogen) atoms. The molecule has 1 aromatic rings. The lowest BCUT2D eigenvalue weighted by molar-refractivity contribution is -0.129. The molecule has 0 saturated carbocycles. The monoisotopic (exact) mass is 336 g/mol. The normalized spacial score (nSPS) is 11.0. The first-order valence-electron chi connectivity index (χ1n) is 7.43. The van der Waals surface area contributed by atoms with Gasteiger partial charge in [-0.2, -0.15) is 0 Å². The Balaban J connectivity index is 2.16. The molecule has 124 valence electrons. The van der Waals surface area contributed by atoms with Crippen LogP contribution in [0.3, 0.4) is 0 Å². The van der Waals surface area contributed by atoms with E-state index in [2.05, 4.69) is 5.32 Å². The summed E-state index contributed by atoms with van der Waals surface area (Å²) in [6.45, 7) is 0.554. The zero-order valence-electron chi connectivity index (χ0n) is 12.8. The molecule has 0 spiro atoms. The van der Waals surface area contributed by atoms with E-state index in [9.17, 15) is 9.59 Å². The fourth-order valence-electron chi connectivity index (χ4n) is 1.83. The second-order valence-corrected chi connectivity index (χ2v) is 5.28. The Morgan fingerprint density at radius 3 is 2.65 bits per heavy atom. The number of rotatable bonds is 9. The standard InChI is InChI=1S/C17H21ClN2O3/c18-15-10-5-3-8-14(15)9-4-6-11-16(21)19-13-7-1-2-12-17(22)20-23/h3-6,8-11,23H,1-2,7,12-13H2,(H,19,21)(H,20,22)/b9-4+,11-6+. The Morgan fingerprint density at radius 2 is 1.91 bits per heavy atom. The number of nitrogens with one attached hydrogen (secondary N) is 2. The Bertz CT molecular complexity index is 571. The number of halogens is 1. The summed E-state index contributed by atoms with van der Waals surface area (Å²) in [5.74, 6) is -0.552. The van der Waals surface area contributed by atoms with E-state index < -0.39 is 0 Å². The summed E-state index contributed by atoms with van der Waals surface area (Å²) in [6, 6.07) is 7.46. The number of benzene rings is 1. The van der Waals surface area contributed by atoms with Crippen LogP contribution in [0.5, 0.6) is 0 Å². The summed E-state index contributed by atoms with van der Waals surface area (Å²) in [4.78, 5) is 22.3. The summed E-state index contributed by atoms with van der Waals surface area (Å²) >= 11 is 6.01. The number of hydrogen-bond donors (Lipinski definition) is 3. The molecule has 5 nitrogen and oxygen atoms in total. The topological polar surface area (TPSA) is 78.4 Å². The summed E-state index contributed by atoms with van der Waals surface area (Å²) in [5.41, 5.74) is 2.48. The van der Waals surface area contributed by atoms with E-state index in [-0.39, 0.29) is 18.2 Å². The van der Waals surface area contributed by atoms with Gasteiger partial charge >= 0.3 is 0 Å². The lowest BCUT2D eigenvalue weighted by atomic mass is 10.2. The van der Waals surface area contributed by atoms with E-state index in [0.29, 0.717) is 18.0 Å². The van der Waals surface area contributed by atoms with Crippen LogP contribution in [0.1, 0.15) is 31.2 Å². The molecule has 0 radical (unpaired) electrons. The molecule has 0 heterocycles. The van der Waals surface area contributed by atoms with Gasteiger partial charge in [0.1, 0.15) is 0 Å². The van der Waals surface area contributed by atoms with Crippen LogP contribution in [-0.4, -0.2) is 23.6 Å². The average molecular weight is 337 g/mol. The molecule has 3 N–H and O–H groups in total. The number of allylic oxidation sites excluding steroid dienone is 2. The van der Waals surface area contributed by atoms with Crippen molar-refractivity contribution in [2.24, 2.45) is 0 Å². The van der Waals surface area contributed by atoms with Crippen LogP contribution in [-0.2, 0) is 9.59 Å². The number of amides is 2. The summed E-state index contributed by atoms with van der Waals surface area (Å²) in [6.07, 6.45) is 9.26. The van der Waals surface area contributed by atoms with E-state index >= 15 is 0 Å². The van der Waals surface area contributed by atoms with Gasteiger partial charge in [0.25, 0.3) is 0 Å². The van der Waals surface area contributed by atoms with Gasteiger partial charge in [-0.1, -0.05) is 54.4 Å². The molecule has 0 aliphatic rings. The van der Waals surface area contributed by atoms with Crippen molar-refractivity contribution >= 4 is 29.5 Å². The quantitative estimate of drug-likeness (QED) is 0.213. The van der Waals surface area contributed by atoms with Gasteiger partial charge in [0, 0.05) is 24.1 Å². The fraction of sp³-hybridized carbons (Fsp3) is 0.294. The van der Waals surface area contributed by atoms with Gasteiger partial charge < -0.3 is 5.32 Å². The Morgan fingerprint density at radius 1 is 1.13 bits per heavy atom. The maximum atomic E-state index is 11.6. The third kappa shape index (κ3) is 8.80. The minimum absolute atomic E-state index is 0.165. The zero-order chi connectivity index (χ0) is 16.9. The minimum atomic E-state index is -0.387. The Hall–Kier alpha value is -2.11. The number of unbranched alkanes of at least 4 members (excludes halogenated alkanes) is 2. The molecule has 1 aromatic carbocycles. The van der Waals surface area contributed by atoms with E-state index in [1.165, 1.54) is 6.08 Å². The molecular formula is C17H21ClN2O3. The molecule has 6 heteroatoms. The van der Waals surface area contributed by atoms with Gasteiger partial charge in [0.2, 0.25) is 11.8 Å². The van der Waals surface area contributed by atoms with Crippen LogP contribution in [0.4, 0.5) is 0 Å². The Labute approximate surface area is 141 Å². The second-order valence-electron chi connectivity index (χ2n) is 4.88. The zero-order valence-corrected chi connectivity index (χ0v) is 13.6. The highest BCUT2D eigenvalue weighted by Crippen LogP contribution is 2.16. The number of carbonyl (C=O) groups is 2. The van der Waals surface area contributed by atoms with Gasteiger partial charge in [-0.25, -0.2) is 5.48 Å². The third-order valence-corrected chi connectivity index (χ3v) is 3.39. The van der Waals surface area contributed by atoms with Crippen LogP contribution < -0.4 is 10.8 Å². The largest absolute Gasteiger partial charge is 0.353 e. The van der Waals surface area contributed by atoms with Gasteiger partial charge in [-0.05, 0) is 24.5 Å². The van der Waals surface area contributed by atoms with Crippen molar-refractivity contribution in [1.82, 2.24) is 10.8 Å². The molecule has 0 saturated heterocycles. The first-order chi connectivity index (χ1) is 11.1. The van der Waals surface area contributed by atoms with Gasteiger partial charge in [-0.3, -0.25) is 14.8 Å². The smallest absolute Gasteiger partial charge is 0.243 e. The third-order valence-electron chi connectivity index (χ3n) is 3.04. The fourth-order valence-corrected chi connectivity index (χ4v) is 2.02. The number of hydrogen-bond acceptors (Lipinski definition) is 3. The average Bonchev–Trinajstić information content (AvgIpc) is 2.56. The molecule has 0 aliphatic heterocycles. The molecule has 0 atom stereocenters. The van der Waals surface area contributed by atoms with E-state index in [1.54, 1.807) is 17.6 Å². The molecule has 1 rings (SSSR count). The lowest BCUT2D eigenvalue weighted by Crippen LogP contribution is -2.22. The van der Waals surface area contributed by atoms with Crippen molar-refractivity contribution in [2.75, 3.05) is 6.54 Å². The summed E-state index contributed by atoms with van der Waals surface area (Å²) in [5, 5.41) is 11.7. The second kappa shape index (κ2) is 11.5. The molecular weight excluding hydrogens is 316 g/mol. The predicted molar refractivity (Wildman–Crippen MR) is 91.0 cm³/mol. The predicted octanol–water partition coefficient (Wildman–Crippen LogP) is 3.09. The molecule has 2 amide bonds. The van der Waals surface area contributed by atoms with E-state index in [1.807, 2.05) is 30.3 Å². The molecule has 0 unspecified atom stereocenters. The SMILES string of the molecule is O=C(/C=C/C=C/c1ccccc1Cl)NCCCCCC(=O)NO. The van der Waals surface area contributed by atoms with Crippen molar-refractivity contribution in [3.05, 3.63) is 53.1 Å². The van der Waals surface area contributed by atoms with Crippen molar-refractivity contribution in [1.29, 1.82) is 0 Å². The van der Waals surface area contributed by atoms with E-state index in [0.717, 1.165) is 18.4 Å². The molecule has 0 bridgehead atoms. The summed E-state index contributed by atoms with van der Waals surface area (Å²) < 4.78 is 0. The number of carbonyl (C=O) groups excluding carboxylic acids is 2. The molecule has 0 fully saturated rings. The van der Waals surface area contributed by atoms with E-state index in [4.69, 9.17) is 16.8 Å². The highest BCUT2D eigenvalue weighted by molar-refractivity contribution is 6.32. The molecule has 0 aromatic heterocycles. The minimum Gasteiger partial charge on any atom is -0.353 e. The Kier molecular flexibility index (Phi) is 9.43. The van der Waals surface area contributed by atoms with Crippen LogP contribution in [0.2, 0.25) is 5.02 Å². The lowest BCUT2D eigenvalue weighted by Gasteiger charge is -2.02. The summed E-state index contributed by atoms with van der Waals surface area (Å²) in [7, 11) is 0. The highest BCUT2D eigenvalue weighted by atomic mass is 35.5. The van der Waals surface area contributed by atoms with Crippen molar-refractivity contribution in [2.45, 2.75) is 25.7 Å². The van der Waals surface area contributed by atoms with Crippen molar-refractivity contribution in [3.8, 4) is 0 Å². The van der Waals surface area contributed by atoms with Gasteiger partial charge in [0.05, 0.1) is 0 Å². The first kappa shape index (κ1) is 18.9. The van der Waals surface area contributed by atoms with Crippen LogP contribution in [0.25, 0.3) is 6.08 Å².